The van der Waals surface area contributed by atoms with Crippen molar-refractivity contribution in [3.05, 3.63) is 24.4 Å². The maximum absolute atomic E-state index is 4.35. The van der Waals surface area contributed by atoms with E-state index in [-0.39, 0.29) is 0 Å². The minimum absolute atomic E-state index is 0.939. The standard InChI is InChI=1S/C10H7N3S/c1-2-9-10(14-6-5-11-9)7-3-4-12-13-8(1)7/h1-5H,6H2. The first-order chi connectivity index (χ1) is 6.95. The van der Waals surface area contributed by atoms with Crippen LogP contribution in [-0.2, 0) is 0 Å². The van der Waals surface area contributed by atoms with Crippen molar-refractivity contribution in [1.29, 1.82) is 0 Å². The van der Waals surface area contributed by atoms with E-state index in [4.69, 9.17) is 0 Å². The van der Waals surface area contributed by atoms with Crippen LogP contribution in [0.25, 0.3) is 10.9 Å². The van der Waals surface area contributed by atoms with Crippen LogP contribution in [0.2, 0.25) is 0 Å². The molecular formula is C10H7N3S. The Kier molecular flexibility index (Phi) is 1.73. The average Bonchev–Trinajstić information content (AvgIpc) is 2.29. The zero-order valence-electron chi connectivity index (χ0n) is 7.34. The van der Waals surface area contributed by atoms with Crippen molar-refractivity contribution in [2.45, 2.75) is 4.90 Å². The van der Waals surface area contributed by atoms with E-state index in [1.165, 1.54) is 4.90 Å². The first kappa shape index (κ1) is 7.94. The Morgan fingerprint density at radius 2 is 2.21 bits per heavy atom. The van der Waals surface area contributed by atoms with Crippen LogP contribution in [0.3, 0.4) is 0 Å². The molecule has 0 aliphatic carbocycles. The third-order valence-electron chi connectivity index (χ3n) is 2.16. The highest BCUT2D eigenvalue weighted by Gasteiger charge is 2.10. The van der Waals surface area contributed by atoms with Gasteiger partial charge in [-0.1, -0.05) is 0 Å². The van der Waals surface area contributed by atoms with Gasteiger partial charge < -0.3 is 0 Å². The molecule has 3 rings (SSSR count). The molecule has 1 aromatic heterocycles. The van der Waals surface area contributed by atoms with E-state index < -0.39 is 0 Å². The molecule has 0 atom stereocenters. The second kappa shape index (κ2) is 3.06. The van der Waals surface area contributed by atoms with E-state index in [1.54, 1.807) is 18.0 Å². The lowest BCUT2D eigenvalue weighted by Crippen LogP contribution is -1.91. The van der Waals surface area contributed by atoms with Crippen molar-refractivity contribution in [1.82, 2.24) is 10.2 Å². The van der Waals surface area contributed by atoms with Gasteiger partial charge in [0.2, 0.25) is 0 Å². The fraction of sp³-hybridized carbons (Fsp3) is 0.100. The molecule has 0 unspecified atom stereocenters. The van der Waals surface area contributed by atoms with Gasteiger partial charge in [0.15, 0.2) is 0 Å². The van der Waals surface area contributed by atoms with E-state index in [1.807, 2.05) is 24.4 Å². The molecule has 2 aromatic rings. The van der Waals surface area contributed by atoms with Gasteiger partial charge in [0.1, 0.15) is 0 Å². The Labute approximate surface area is 85.3 Å². The largest absolute Gasteiger partial charge is 0.259 e. The minimum Gasteiger partial charge on any atom is -0.259 e. The normalized spacial score (nSPS) is 14.3. The van der Waals surface area contributed by atoms with Gasteiger partial charge >= 0.3 is 0 Å². The van der Waals surface area contributed by atoms with Crippen molar-refractivity contribution in [2.75, 3.05) is 5.75 Å². The van der Waals surface area contributed by atoms with Crippen LogP contribution in [0, 0.1) is 0 Å². The molecule has 0 amide bonds. The molecule has 4 heteroatoms. The average molecular weight is 201 g/mol. The number of nitrogens with zero attached hydrogens (tertiary/aromatic N) is 3. The number of fused-ring (bicyclic) bond motifs is 3. The highest BCUT2D eigenvalue weighted by molar-refractivity contribution is 8.00. The van der Waals surface area contributed by atoms with E-state index in [0.717, 1.165) is 22.3 Å². The van der Waals surface area contributed by atoms with Gasteiger partial charge in [-0.25, -0.2) is 0 Å². The summed E-state index contributed by atoms with van der Waals surface area (Å²) in [7, 11) is 0. The molecule has 0 saturated heterocycles. The van der Waals surface area contributed by atoms with Crippen LogP contribution in [0.5, 0.6) is 0 Å². The Balaban J connectivity index is 2.41. The molecular weight excluding hydrogens is 194 g/mol. The van der Waals surface area contributed by atoms with E-state index in [9.17, 15) is 0 Å². The van der Waals surface area contributed by atoms with Crippen LogP contribution in [0.1, 0.15) is 0 Å². The first-order valence-corrected chi connectivity index (χ1v) is 5.33. The van der Waals surface area contributed by atoms with Gasteiger partial charge in [-0.15, -0.1) is 11.8 Å². The lowest BCUT2D eigenvalue weighted by molar-refractivity contribution is 1.07. The topological polar surface area (TPSA) is 38.1 Å². The number of aromatic nitrogens is 2. The van der Waals surface area contributed by atoms with Gasteiger partial charge in [-0.2, -0.15) is 10.2 Å². The van der Waals surface area contributed by atoms with Crippen LogP contribution in [0.15, 0.2) is 34.3 Å². The summed E-state index contributed by atoms with van der Waals surface area (Å²) >= 11 is 1.80. The zero-order valence-corrected chi connectivity index (χ0v) is 8.16. The molecule has 0 N–H and O–H groups in total. The maximum atomic E-state index is 4.35. The van der Waals surface area contributed by atoms with Crippen molar-refractivity contribution in [3.63, 3.8) is 0 Å². The summed E-state index contributed by atoms with van der Waals surface area (Å²) in [5.74, 6) is 0.939. The molecule has 0 spiro atoms. The van der Waals surface area contributed by atoms with Crippen molar-refractivity contribution < 1.29 is 0 Å². The van der Waals surface area contributed by atoms with Gasteiger partial charge in [-0.05, 0) is 18.2 Å². The van der Waals surface area contributed by atoms with Crippen LogP contribution < -0.4 is 0 Å². The van der Waals surface area contributed by atoms with E-state index >= 15 is 0 Å². The monoisotopic (exact) mass is 201 g/mol. The summed E-state index contributed by atoms with van der Waals surface area (Å²) in [6.45, 7) is 0. The predicted molar refractivity (Wildman–Crippen MR) is 58.4 cm³/mol. The second-order valence-electron chi connectivity index (χ2n) is 3.00. The Morgan fingerprint density at radius 3 is 3.21 bits per heavy atom. The molecule has 1 aromatic carbocycles. The quantitative estimate of drug-likeness (QED) is 0.657. The Hall–Kier alpha value is -1.42. The fourth-order valence-electron chi connectivity index (χ4n) is 1.54. The van der Waals surface area contributed by atoms with Crippen LogP contribution >= 0.6 is 11.8 Å². The molecule has 1 aliphatic heterocycles. The van der Waals surface area contributed by atoms with Crippen molar-refractivity contribution in [2.24, 2.45) is 4.99 Å². The van der Waals surface area contributed by atoms with Crippen LogP contribution in [0.4, 0.5) is 5.69 Å². The van der Waals surface area contributed by atoms with Gasteiger partial charge in [0, 0.05) is 22.2 Å². The molecule has 0 radical (unpaired) electrons. The predicted octanol–water partition coefficient (Wildman–Crippen LogP) is 2.44. The molecule has 68 valence electrons. The third-order valence-corrected chi connectivity index (χ3v) is 3.19. The van der Waals surface area contributed by atoms with E-state index in [0.29, 0.717) is 0 Å². The Bertz CT molecular complexity index is 522. The van der Waals surface area contributed by atoms with Gasteiger partial charge in [-0.3, -0.25) is 4.99 Å². The molecule has 1 aliphatic rings. The highest BCUT2D eigenvalue weighted by atomic mass is 32.2. The summed E-state index contributed by atoms with van der Waals surface area (Å²) in [6, 6.07) is 5.95. The number of hydrogen-bond donors (Lipinski definition) is 0. The zero-order chi connectivity index (χ0) is 9.38. The summed E-state index contributed by atoms with van der Waals surface area (Å²) in [6.07, 6.45) is 3.66. The van der Waals surface area contributed by atoms with Crippen molar-refractivity contribution in [3.8, 4) is 0 Å². The lowest BCUT2D eigenvalue weighted by atomic mass is 10.2. The number of benzene rings is 1. The SMILES string of the molecule is C1=Nc2ccc3nnccc3c2SC1. The lowest BCUT2D eigenvalue weighted by Gasteiger charge is -2.10. The van der Waals surface area contributed by atoms with E-state index in [2.05, 4.69) is 15.2 Å². The Morgan fingerprint density at radius 1 is 1.21 bits per heavy atom. The molecule has 0 saturated carbocycles. The number of aliphatic imine (C=N–C) groups is 1. The fourth-order valence-corrected chi connectivity index (χ4v) is 2.45. The van der Waals surface area contributed by atoms with Gasteiger partial charge in [0.25, 0.3) is 0 Å². The number of hydrogen-bond acceptors (Lipinski definition) is 4. The number of thioether (sulfide) groups is 1. The summed E-state index contributed by atoms with van der Waals surface area (Å²) in [5, 5.41) is 9.09. The molecule has 0 bridgehead atoms. The van der Waals surface area contributed by atoms with Gasteiger partial charge in [0.05, 0.1) is 17.4 Å². The maximum Gasteiger partial charge on any atom is 0.0942 e. The second-order valence-corrected chi connectivity index (χ2v) is 4.03. The smallest absolute Gasteiger partial charge is 0.0942 e. The number of rotatable bonds is 0. The molecule has 2 heterocycles. The molecule has 0 fully saturated rings. The van der Waals surface area contributed by atoms with Crippen molar-refractivity contribution >= 4 is 34.6 Å². The summed E-state index contributed by atoms with van der Waals surface area (Å²) in [4.78, 5) is 5.57. The highest BCUT2D eigenvalue weighted by Crippen LogP contribution is 2.37. The van der Waals surface area contributed by atoms with Crippen LogP contribution in [-0.4, -0.2) is 22.2 Å². The third kappa shape index (κ3) is 1.11. The summed E-state index contributed by atoms with van der Waals surface area (Å²) in [5.41, 5.74) is 1.98. The first-order valence-electron chi connectivity index (χ1n) is 4.35. The minimum atomic E-state index is 0.939. The summed E-state index contributed by atoms with van der Waals surface area (Å²) < 4.78 is 0. The molecule has 3 nitrogen and oxygen atoms in total. The molecule has 14 heavy (non-hydrogen) atoms.